The fraction of sp³-hybridized carbons (Fsp3) is 0.391. The number of nitrogens with one attached hydrogen (secondary N) is 1. The highest BCUT2D eigenvalue weighted by Crippen LogP contribution is 2.47. The zero-order chi connectivity index (χ0) is 23.0. The average molecular weight is 527 g/mol. The molecule has 0 fully saturated rings. The van der Waals surface area contributed by atoms with Crippen molar-refractivity contribution in [2.75, 3.05) is 6.16 Å². The molecular formula is C23H32BrN2O5P. The van der Waals surface area contributed by atoms with Crippen molar-refractivity contribution in [3.63, 3.8) is 0 Å². The molecule has 0 radical (unpaired) electrons. The number of amides is 1. The van der Waals surface area contributed by atoms with Crippen LogP contribution in [0.5, 0.6) is 0 Å². The number of carboxylic acid groups (broad SMARTS) is 1. The minimum Gasteiger partial charge on any atom is -1.00 e. The first-order valence-electron chi connectivity index (χ1n) is 10.4. The summed E-state index contributed by atoms with van der Waals surface area (Å²) in [5.74, 6) is -3.38. The van der Waals surface area contributed by atoms with Gasteiger partial charge in [0.1, 0.15) is 6.04 Å². The van der Waals surface area contributed by atoms with Gasteiger partial charge in [-0.25, -0.2) is 4.79 Å². The number of halogens is 1. The Balaban J connectivity index is 0.00000512. The molecule has 0 saturated heterocycles. The van der Waals surface area contributed by atoms with Gasteiger partial charge in [-0.3, -0.25) is 9.36 Å². The van der Waals surface area contributed by atoms with Crippen LogP contribution in [0.25, 0.3) is 0 Å². The SMILES string of the molecule is CC(C)[C@H]([NH3+])P(=O)(O)C[C@@H](Cc1ccccc1)C(=O)N[C@@H](Cc1ccccc1)C(=O)O.[Br-]. The smallest absolute Gasteiger partial charge is 0.326 e. The van der Waals surface area contributed by atoms with Gasteiger partial charge in [0.25, 0.3) is 7.37 Å². The van der Waals surface area contributed by atoms with Crippen LogP contribution in [-0.4, -0.2) is 39.9 Å². The third-order valence-corrected chi connectivity index (χ3v) is 7.96. The Morgan fingerprint density at radius 3 is 1.88 bits per heavy atom. The van der Waals surface area contributed by atoms with Gasteiger partial charge in [0.15, 0.2) is 5.78 Å². The highest BCUT2D eigenvalue weighted by Gasteiger charge is 2.39. The summed E-state index contributed by atoms with van der Waals surface area (Å²) in [5.41, 5.74) is 5.45. The number of hydrogen-bond acceptors (Lipinski definition) is 3. The molecule has 1 amide bonds. The molecule has 0 saturated carbocycles. The van der Waals surface area contributed by atoms with E-state index in [1.165, 1.54) is 0 Å². The van der Waals surface area contributed by atoms with Crippen LogP contribution >= 0.6 is 7.37 Å². The second kappa shape index (κ2) is 12.9. The second-order valence-corrected chi connectivity index (χ2v) is 10.8. The summed E-state index contributed by atoms with van der Waals surface area (Å²) in [6, 6.07) is 17.1. The first-order valence-corrected chi connectivity index (χ1v) is 12.3. The minimum atomic E-state index is -3.74. The standard InChI is InChI=1S/C23H31N2O5P.BrH/c1-16(2)21(24)31(29,30)15-19(13-17-9-5-3-6-10-17)22(26)25-20(23(27)28)14-18-11-7-4-8-12-18;/h3-12,16,19-21H,13-15,24H2,1-2H3,(H,25,26)(H,27,28)(H,29,30);1H/t19-,20+,21-;/m1./s1. The Kier molecular flexibility index (Phi) is 11.3. The van der Waals surface area contributed by atoms with Crippen molar-refractivity contribution in [3.8, 4) is 0 Å². The highest BCUT2D eigenvalue weighted by atomic mass is 79.9. The third-order valence-electron chi connectivity index (χ3n) is 5.36. The fourth-order valence-electron chi connectivity index (χ4n) is 3.40. The summed E-state index contributed by atoms with van der Waals surface area (Å²) in [4.78, 5) is 35.5. The van der Waals surface area contributed by atoms with E-state index in [4.69, 9.17) is 0 Å². The largest absolute Gasteiger partial charge is 1.00 e. The van der Waals surface area contributed by atoms with E-state index in [1.807, 2.05) is 50.2 Å². The minimum absolute atomic E-state index is 0. The number of aliphatic carboxylic acids is 1. The Hall–Kier alpha value is -1.99. The van der Waals surface area contributed by atoms with E-state index in [0.29, 0.717) is 0 Å². The van der Waals surface area contributed by atoms with Crippen LogP contribution in [-0.2, 0) is 27.0 Å². The van der Waals surface area contributed by atoms with E-state index in [-0.39, 0.29) is 41.9 Å². The molecule has 0 spiro atoms. The Morgan fingerprint density at radius 2 is 1.44 bits per heavy atom. The quantitative estimate of drug-likeness (QED) is 0.283. The van der Waals surface area contributed by atoms with Crippen molar-refractivity contribution < 1.29 is 46.9 Å². The molecule has 4 atom stereocenters. The number of carbonyl (C=O) groups excluding carboxylic acids is 1. The molecule has 0 heterocycles. The molecule has 32 heavy (non-hydrogen) atoms. The normalized spacial score (nSPS) is 15.7. The predicted molar refractivity (Wildman–Crippen MR) is 120 cm³/mol. The van der Waals surface area contributed by atoms with E-state index in [9.17, 15) is 24.2 Å². The van der Waals surface area contributed by atoms with Crippen molar-refractivity contribution in [2.45, 2.75) is 38.5 Å². The van der Waals surface area contributed by atoms with Crippen molar-refractivity contribution in [3.05, 3.63) is 71.8 Å². The zero-order valence-electron chi connectivity index (χ0n) is 18.4. The van der Waals surface area contributed by atoms with Gasteiger partial charge in [-0.1, -0.05) is 74.5 Å². The van der Waals surface area contributed by atoms with Crippen LogP contribution in [0.3, 0.4) is 0 Å². The van der Waals surface area contributed by atoms with Crippen LogP contribution in [0, 0.1) is 11.8 Å². The lowest BCUT2D eigenvalue weighted by atomic mass is 9.99. The van der Waals surface area contributed by atoms with Crippen LogP contribution in [0.15, 0.2) is 60.7 Å². The maximum absolute atomic E-state index is 13.1. The molecule has 7 nitrogen and oxygen atoms in total. The summed E-state index contributed by atoms with van der Waals surface area (Å²) in [7, 11) is -3.74. The number of rotatable bonds is 11. The number of quaternary nitrogens is 1. The molecule has 2 aromatic carbocycles. The molecule has 0 aliphatic rings. The zero-order valence-corrected chi connectivity index (χ0v) is 20.8. The van der Waals surface area contributed by atoms with Crippen molar-refractivity contribution >= 4 is 19.2 Å². The summed E-state index contributed by atoms with van der Waals surface area (Å²) < 4.78 is 13.0. The van der Waals surface area contributed by atoms with Gasteiger partial charge in [-0.2, -0.15) is 0 Å². The van der Waals surface area contributed by atoms with E-state index in [2.05, 4.69) is 11.1 Å². The number of carbonyl (C=O) groups is 2. The van der Waals surface area contributed by atoms with Gasteiger partial charge < -0.3 is 38.0 Å². The van der Waals surface area contributed by atoms with Crippen molar-refractivity contribution in [1.29, 1.82) is 0 Å². The molecule has 1 unspecified atom stereocenters. The highest BCUT2D eigenvalue weighted by molar-refractivity contribution is 7.58. The molecule has 0 aliphatic carbocycles. The van der Waals surface area contributed by atoms with Gasteiger partial charge >= 0.3 is 5.97 Å². The lowest BCUT2D eigenvalue weighted by molar-refractivity contribution is -0.401. The number of benzene rings is 2. The van der Waals surface area contributed by atoms with Gasteiger partial charge in [-0.15, -0.1) is 0 Å². The Morgan fingerprint density at radius 1 is 0.969 bits per heavy atom. The molecule has 2 rings (SSSR count). The monoisotopic (exact) mass is 526 g/mol. The van der Waals surface area contributed by atoms with Crippen molar-refractivity contribution in [2.24, 2.45) is 11.8 Å². The lowest BCUT2D eigenvalue weighted by Gasteiger charge is -2.25. The molecular weight excluding hydrogens is 495 g/mol. The first kappa shape index (κ1) is 28.0. The lowest BCUT2D eigenvalue weighted by Crippen LogP contribution is -3.00. The topological polar surface area (TPSA) is 131 Å². The maximum Gasteiger partial charge on any atom is 0.326 e. The predicted octanol–water partition coefficient (Wildman–Crippen LogP) is -0.844. The Bertz CT molecular complexity index is 911. The fourth-order valence-corrected chi connectivity index (χ4v) is 5.52. The maximum atomic E-state index is 13.1. The van der Waals surface area contributed by atoms with Gasteiger partial charge in [0.05, 0.1) is 5.92 Å². The van der Waals surface area contributed by atoms with Crippen LogP contribution in [0.1, 0.15) is 25.0 Å². The summed E-state index contributed by atoms with van der Waals surface area (Å²) in [6.07, 6.45) is 0.109. The van der Waals surface area contributed by atoms with E-state index in [0.717, 1.165) is 11.1 Å². The van der Waals surface area contributed by atoms with Crippen LogP contribution < -0.4 is 28.0 Å². The molecule has 0 aliphatic heterocycles. The van der Waals surface area contributed by atoms with Crippen LogP contribution in [0.2, 0.25) is 0 Å². The molecule has 9 heteroatoms. The summed E-state index contributed by atoms with van der Waals surface area (Å²) in [6.45, 7) is 3.63. The second-order valence-electron chi connectivity index (χ2n) is 8.23. The molecule has 6 N–H and O–H groups in total. The average Bonchev–Trinajstić information content (AvgIpc) is 2.73. The molecule has 2 aromatic rings. The summed E-state index contributed by atoms with van der Waals surface area (Å²) >= 11 is 0. The van der Waals surface area contributed by atoms with E-state index >= 15 is 0 Å². The Labute approximate surface area is 199 Å². The first-order chi connectivity index (χ1) is 14.6. The summed E-state index contributed by atoms with van der Waals surface area (Å²) in [5, 5.41) is 12.2. The number of carboxylic acids is 1. The van der Waals surface area contributed by atoms with Gasteiger partial charge in [0.2, 0.25) is 5.91 Å². The molecule has 0 bridgehead atoms. The van der Waals surface area contributed by atoms with Crippen LogP contribution in [0.4, 0.5) is 0 Å². The van der Waals surface area contributed by atoms with E-state index in [1.54, 1.807) is 24.3 Å². The molecule has 0 aromatic heterocycles. The van der Waals surface area contributed by atoms with Gasteiger partial charge in [0, 0.05) is 18.5 Å². The van der Waals surface area contributed by atoms with Gasteiger partial charge in [-0.05, 0) is 17.5 Å². The molecule has 176 valence electrons. The number of hydrogen-bond donors (Lipinski definition) is 4. The van der Waals surface area contributed by atoms with E-state index < -0.39 is 37.0 Å². The van der Waals surface area contributed by atoms with Crippen molar-refractivity contribution in [1.82, 2.24) is 5.32 Å². The third kappa shape index (κ3) is 8.51.